The van der Waals surface area contributed by atoms with Crippen LogP contribution in [-0.2, 0) is 0 Å². The zero-order valence-corrected chi connectivity index (χ0v) is 11.7. The Morgan fingerprint density at radius 3 is 2.84 bits per heavy atom. The molecular weight excluding hydrogens is 240 g/mol. The number of piperidine rings is 1. The van der Waals surface area contributed by atoms with Gasteiger partial charge >= 0.3 is 0 Å². The number of ether oxygens (including phenoxy) is 1. The molecule has 0 aromatic heterocycles. The molecule has 1 aromatic rings. The van der Waals surface area contributed by atoms with Crippen LogP contribution in [0.1, 0.15) is 36.5 Å². The van der Waals surface area contributed by atoms with Crippen LogP contribution in [0.5, 0.6) is 5.75 Å². The van der Waals surface area contributed by atoms with Crippen molar-refractivity contribution in [1.29, 1.82) is 0 Å². The van der Waals surface area contributed by atoms with Gasteiger partial charge in [-0.25, -0.2) is 0 Å². The number of carbonyl (C=O) groups is 1. The minimum Gasteiger partial charge on any atom is -0.496 e. The molecule has 0 aliphatic carbocycles. The fraction of sp³-hybridized carbons (Fsp3) is 0.533. The number of benzene rings is 1. The molecule has 0 bridgehead atoms. The minimum absolute atomic E-state index is 0.0186. The van der Waals surface area contributed by atoms with Crippen molar-refractivity contribution in [2.45, 2.75) is 31.7 Å². The van der Waals surface area contributed by atoms with E-state index in [9.17, 15) is 4.79 Å². The number of likely N-dealkylation sites (tertiary alicyclic amines) is 1. The first-order valence-electron chi connectivity index (χ1n) is 6.77. The highest BCUT2D eigenvalue weighted by Gasteiger charge is 2.37. The molecule has 4 nitrogen and oxygen atoms in total. The van der Waals surface area contributed by atoms with Crippen LogP contribution in [0.4, 0.5) is 0 Å². The van der Waals surface area contributed by atoms with Crippen LogP contribution in [0.2, 0.25) is 0 Å². The number of nitrogens with zero attached hydrogens (tertiary/aromatic N) is 1. The van der Waals surface area contributed by atoms with E-state index in [0.717, 1.165) is 25.8 Å². The van der Waals surface area contributed by atoms with E-state index in [2.05, 4.69) is 6.92 Å². The van der Waals surface area contributed by atoms with Crippen LogP contribution in [0.3, 0.4) is 0 Å². The van der Waals surface area contributed by atoms with E-state index in [0.29, 0.717) is 17.9 Å². The number of nitrogens with two attached hydrogens (primary N) is 1. The van der Waals surface area contributed by atoms with Crippen LogP contribution >= 0.6 is 0 Å². The molecule has 4 heteroatoms. The van der Waals surface area contributed by atoms with Gasteiger partial charge in [0.1, 0.15) is 5.75 Å². The summed E-state index contributed by atoms with van der Waals surface area (Å²) in [7, 11) is 1.59. The van der Waals surface area contributed by atoms with Crippen molar-refractivity contribution in [1.82, 2.24) is 4.90 Å². The van der Waals surface area contributed by atoms with E-state index in [-0.39, 0.29) is 11.4 Å². The lowest BCUT2D eigenvalue weighted by molar-refractivity contribution is 0.0400. The maximum absolute atomic E-state index is 12.7. The summed E-state index contributed by atoms with van der Waals surface area (Å²) < 4.78 is 5.28. The quantitative estimate of drug-likeness (QED) is 0.907. The molecule has 0 spiro atoms. The van der Waals surface area contributed by atoms with Crippen molar-refractivity contribution in [3.05, 3.63) is 29.8 Å². The maximum Gasteiger partial charge on any atom is 0.258 e. The number of hydrogen-bond donors (Lipinski definition) is 1. The van der Waals surface area contributed by atoms with Crippen molar-refractivity contribution in [3.63, 3.8) is 0 Å². The number of methoxy groups -OCH3 is 1. The van der Waals surface area contributed by atoms with Crippen LogP contribution in [0, 0.1) is 0 Å². The van der Waals surface area contributed by atoms with Gasteiger partial charge in [0.2, 0.25) is 0 Å². The molecule has 1 atom stereocenters. The first-order chi connectivity index (χ1) is 9.12. The molecule has 1 fully saturated rings. The van der Waals surface area contributed by atoms with Crippen molar-refractivity contribution in [3.8, 4) is 5.75 Å². The Kier molecular flexibility index (Phi) is 4.10. The lowest BCUT2D eigenvalue weighted by Gasteiger charge is -2.44. The van der Waals surface area contributed by atoms with E-state index >= 15 is 0 Å². The topological polar surface area (TPSA) is 55.6 Å². The van der Waals surface area contributed by atoms with E-state index in [4.69, 9.17) is 10.5 Å². The molecule has 0 saturated carbocycles. The predicted molar refractivity (Wildman–Crippen MR) is 75.3 cm³/mol. The lowest BCUT2D eigenvalue weighted by atomic mass is 9.88. The molecule has 1 aromatic carbocycles. The second-order valence-corrected chi connectivity index (χ2v) is 5.32. The van der Waals surface area contributed by atoms with Gasteiger partial charge in [-0.05, 0) is 38.3 Å². The van der Waals surface area contributed by atoms with Crippen LogP contribution < -0.4 is 10.5 Å². The van der Waals surface area contributed by atoms with E-state index in [1.807, 2.05) is 29.2 Å². The summed E-state index contributed by atoms with van der Waals surface area (Å²) in [6.07, 6.45) is 3.13. The van der Waals surface area contributed by atoms with Gasteiger partial charge in [-0.2, -0.15) is 0 Å². The summed E-state index contributed by atoms with van der Waals surface area (Å²) in [4.78, 5) is 14.7. The molecule has 1 aliphatic rings. The third-order valence-electron chi connectivity index (χ3n) is 4.02. The number of amides is 1. The number of para-hydroxylation sites is 1. The average molecular weight is 262 g/mol. The lowest BCUT2D eigenvalue weighted by Crippen LogP contribution is -2.56. The van der Waals surface area contributed by atoms with Gasteiger partial charge in [-0.3, -0.25) is 4.79 Å². The third kappa shape index (κ3) is 2.59. The number of carbonyl (C=O) groups excluding carboxylic acids is 1. The Hall–Kier alpha value is -1.55. The predicted octanol–water partition coefficient (Wildman–Crippen LogP) is 2.04. The van der Waals surface area contributed by atoms with Crippen molar-refractivity contribution in [2.75, 3.05) is 20.2 Å². The standard InChI is InChI=1S/C15H22N2O2/c1-15(11-16)9-5-6-10-17(15)14(18)12-7-3-4-8-13(12)19-2/h3-4,7-8H,5-6,9-11,16H2,1-2H3. The molecule has 2 N–H and O–H groups in total. The second-order valence-electron chi connectivity index (χ2n) is 5.32. The highest BCUT2D eigenvalue weighted by molar-refractivity contribution is 5.97. The monoisotopic (exact) mass is 262 g/mol. The fourth-order valence-electron chi connectivity index (χ4n) is 2.71. The second kappa shape index (κ2) is 5.61. The normalized spacial score (nSPS) is 23.2. The largest absolute Gasteiger partial charge is 0.496 e. The SMILES string of the molecule is COc1ccccc1C(=O)N1CCCCC1(C)CN. The Balaban J connectivity index is 2.32. The molecule has 0 radical (unpaired) electrons. The van der Waals surface area contributed by atoms with E-state index in [1.54, 1.807) is 7.11 Å². The van der Waals surface area contributed by atoms with Gasteiger partial charge in [0.15, 0.2) is 0 Å². The van der Waals surface area contributed by atoms with Crippen molar-refractivity contribution in [2.24, 2.45) is 5.73 Å². The molecule has 1 heterocycles. The Morgan fingerprint density at radius 2 is 2.16 bits per heavy atom. The first kappa shape index (κ1) is 13.9. The highest BCUT2D eigenvalue weighted by Crippen LogP contribution is 2.30. The van der Waals surface area contributed by atoms with Crippen LogP contribution in [0.15, 0.2) is 24.3 Å². The summed E-state index contributed by atoms with van der Waals surface area (Å²) >= 11 is 0. The molecule has 104 valence electrons. The summed E-state index contributed by atoms with van der Waals surface area (Å²) in [5.41, 5.74) is 6.27. The molecule has 2 rings (SSSR count). The Labute approximate surface area is 114 Å². The number of hydrogen-bond acceptors (Lipinski definition) is 3. The van der Waals surface area contributed by atoms with Gasteiger partial charge in [0, 0.05) is 13.1 Å². The summed E-state index contributed by atoms with van der Waals surface area (Å²) in [5.74, 6) is 0.641. The van der Waals surface area contributed by atoms with Crippen molar-refractivity contribution < 1.29 is 9.53 Å². The van der Waals surface area contributed by atoms with Gasteiger partial charge < -0.3 is 15.4 Å². The van der Waals surface area contributed by atoms with Crippen LogP contribution in [-0.4, -0.2) is 36.5 Å². The average Bonchev–Trinajstić information content (AvgIpc) is 2.47. The minimum atomic E-state index is -0.240. The third-order valence-corrected chi connectivity index (χ3v) is 4.02. The zero-order valence-electron chi connectivity index (χ0n) is 11.7. The van der Waals surface area contributed by atoms with Crippen LogP contribution in [0.25, 0.3) is 0 Å². The Bertz CT molecular complexity index is 461. The Morgan fingerprint density at radius 1 is 1.42 bits per heavy atom. The summed E-state index contributed by atoms with van der Waals surface area (Å²) in [6.45, 7) is 3.33. The first-order valence-corrected chi connectivity index (χ1v) is 6.77. The molecule has 1 unspecified atom stereocenters. The smallest absolute Gasteiger partial charge is 0.258 e. The summed E-state index contributed by atoms with van der Waals surface area (Å²) in [5, 5.41) is 0. The van der Waals surface area contributed by atoms with E-state index < -0.39 is 0 Å². The zero-order chi connectivity index (χ0) is 13.9. The fourth-order valence-corrected chi connectivity index (χ4v) is 2.71. The number of rotatable bonds is 3. The van der Waals surface area contributed by atoms with Gasteiger partial charge in [0.25, 0.3) is 5.91 Å². The maximum atomic E-state index is 12.7. The molecular formula is C15H22N2O2. The molecule has 1 saturated heterocycles. The van der Waals surface area contributed by atoms with E-state index in [1.165, 1.54) is 0 Å². The molecule has 19 heavy (non-hydrogen) atoms. The summed E-state index contributed by atoms with van der Waals surface area (Å²) in [6, 6.07) is 7.36. The molecule has 1 aliphatic heterocycles. The van der Waals surface area contributed by atoms with Gasteiger partial charge in [-0.1, -0.05) is 12.1 Å². The van der Waals surface area contributed by atoms with Gasteiger partial charge in [-0.15, -0.1) is 0 Å². The van der Waals surface area contributed by atoms with Crippen molar-refractivity contribution >= 4 is 5.91 Å². The van der Waals surface area contributed by atoms with Gasteiger partial charge in [0.05, 0.1) is 18.2 Å². The molecule has 1 amide bonds. The highest BCUT2D eigenvalue weighted by atomic mass is 16.5.